The molecule has 2 aromatic carbocycles. The number of nitrogens with one attached hydrogen (secondary N) is 4. The highest BCUT2D eigenvalue weighted by Crippen LogP contribution is 2.49. The average molecular weight is 1110 g/mol. The van der Waals surface area contributed by atoms with Gasteiger partial charge in [0, 0.05) is 84.2 Å². The number of aliphatic hydroxyl groups is 1. The number of likely N-dealkylation sites (N-methyl/N-ethyl adjacent to an activating group) is 1. The molecule has 0 spiro atoms. The van der Waals surface area contributed by atoms with Crippen LogP contribution in [0.15, 0.2) is 66.3 Å². The van der Waals surface area contributed by atoms with Gasteiger partial charge in [-0.25, -0.2) is 14.6 Å². The fourth-order valence-electron chi connectivity index (χ4n) is 9.97. The lowest BCUT2D eigenvalue weighted by Gasteiger charge is -2.42. The molecule has 3 aromatic rings. The molecule has 0 radical (unpaired) electrons. The standard InChI is InChI=1S/C55H75ClN8O14/c1-32-15-13-18-43(75-10)55(73)30-42(76-53(72)60-55)33(2)50-54(4,78-50)44(29-47(67)63(8)40-26-35(25-32)27-41(74-9)49(40)56)77-52(71)34(3)62(7)46(66)19-14-23-58-51(70)38(20-21-48(68)69)59-45(65)22-24-64-37(31-61(6)57-5)28-36-16-11-12-17-39(36)64/h11-13,15-18,26-28,33-34,38,42-44,50,57,73H,14,19-25,29-31H2,1-10H3,(H,58,70)(H,59,65)(H,60,72)(H,68,69)/b18-13+,32-15+/t33-,34+,38+,42+,43-,44+,50?,54+,55+/m1/s1. The van der Waals surface area contributed by atoms with Crippen LogP contribution in [0.2, 0.25) is 5.02 Å². The molecular weight excluding hydrogens is 1030 g/mol. The van der Waals surface area contributed by atoms with Crippen LogP contribution in [0.4, 0.5) is 10.5 Å². The predicted octanol–water partition coefficient (Wildman–Crippen LogP) is 4.37. The summed E-state index contributed by atoms with van der Waals surface area (Å²) in [5.41, 5.74) is 3.73. The molecule has 426 valence electrons. The molecule has 0 saturated carbocycles. The Morgan fingerprint density at radius 2 is 1.79 bits per heavy atom. The molecule has 4 bridgehead atoms. The number of allylic oxidation sites excluding steroid dienone is 3. The maximum atomic E-state index is 14.4. The van der Waals surface area contributed by atoms with Crippen molar-refractivity contribution in [3.05, 3.63) is 82.5 Å². The Hall–Kier alpha value is -6.56. The summed E-state index contributed by atoms with van der Waals surface area (Å²) in [6.45, 7) is 7.64. The van der Waals surface area contributed by atoms with Gasteiger partial charge in [0.1, 0.15) is 46.8 Å². The van der Waals surface area contributed by atoms with Crippen LogP contribution in [0, 0.1) is 5.92 Å². The quantitative estimate of drug-likeness (QED) is 0.0397. The number of nitrogens with zero attached hydrogens (tertiary/aromatic N) is 4. The first-order chi connectivity index (χ1) is 36.9. The molecule has 3 aliphatic rings. The number of carbonyl (C=O) groups is 7. The maximum absolute atomic E-state index is 14.4. The van der Waals surface area contributed by atoms with E-state index in [4.69, 9.17) is 35.3 Å². The lowest BCUT2D eigenvalue weighted by Crippen LogP contribution is -2.63. The number of benzene rings is 2. The zero-order valence-corrected chi connectivity index (χ0v) is 46.8. The molecule has 2 fully saturated rings. The lowest BCUT2D eigenvalue weighted by atomic mass is 9.83. The summed E-state index contributed by atoms with van der Waals surface area (Å²) in [6.07, 6.45) is -0.300. The van der Waals surface area contributed by atoms with Crippen LogP contribution < -0.4 is 31.0 Å². The lowest BCUT2D eigenvalue weighted by molar-refractivity contribution is -0.162. The van der Waals surface area contributed by atoms with Gasteiger partial charge in [0.2, 0.25) is 23.6 Å². The number of carboxylic acids is 1. The summed E-state index contributed by atoms with van der Waals surface area (Å²) >= 11 is 6.82. The van der Waals surface area contributed by atoms with E-state index in [1.807, 2.05) is 60.9 Å². The van der Waals surface area contributed by atoms with Crippen molar-refractivity contribution in [2.75, 3.05) is 53.9 Å². The molecule has 1 aromatic heterocycles. The van der Waals surface area contributed by atoms with Crippen LogP contribution in [0.25, 0.3) is 10.9 Å². The predicted molar refractivity (Wildman–Crippen MR) is 289 cm³/mol. The second-order valence-corrected chi connectivity index (χ2v) is 20.9. The number of methoxy groups -OCH3 is 2. The third-order valence-electron chi connectivity index (χ3n) is 14.9. The minimum atomic E-state index is -1.90. The van der Waals surface area contributed by atoms with E-state index < -0.39 is 102 Å². The number of aryl methyl sites for hydroxylation is 1. The van der Waals surface area contributed by atoms with Crippen LogP contribution in [0.3, 0.4) is 0 Å². The Morgan fingerprint density at radius 3 is 2.49 bits per heavy atom. The van der Waals surface area contributed by atoms with Crippen LogP contribution >= 0.6 is 11.6 Å². The Balaban J connectivity index is 1.12. The summed E-state index contributed by atoms with van der Waals surface area (Å²) < 4.78 is 31.5. The number of carboxylic acid groups (broad SMARTS) is 1. The van der Waals surface area contributed by atoms with Crippen molar-refractivity contribution in [1.82, 2.24) is 35.9 Å². The second-order valence-electron chi connectivity index (χ2n) is 20.5. The molecule has 0 aliphatic carbocycles. The summed E-state index contributed by atoms with van der Waals surface area (Å²) in [5, 5.41) is 32.3. The van der Waals surface area contributed by atoms with Crippen molar-refractivity contribution in [2.24, 2.45) is 5.92 Å². The van der Waals surface area contributed by atoms with Gasteiger partial charge >= 0.3 is 18.0 Å². The third-order valence-corrected chi connectivity index (χ3v) is 15.3. The molecule has 4 heterocycles. The highest BCUT2D eigenvalue weighted by molar-refractivity contribution is 6.35. The molecule has 78 heavy (non-hydrogen) atoms. The molecule has 1 unspecified atom stereocenters. The number of amides is 5. The minimum Gasteiger partial charge on any atom is -0.495 e. The second kappa shape index (κ2) is 26.4. The number of rotatable bonds is 20. The van der Waals surface area contributed by atoms with E-state index in [1.54, 1.807) is 38.1 Å². The van der Waals surface area contributed by atoms with E-state index >= 15 is 0 Å². The van der Waals surface area contributed by atoms with Crippen LogP contribution in [-0.2, 0) is 67.2 Å². The number of aliphatic carboxylic acids is 1. The number of para-hydroxylation sites is 1. The van der Waals surface area contributed by atoms with Gasteiger partial charge in [-0.2, -0.15) is 0 Å². The number of hydrogen-bond donors (Lipinski definition) is 6. The van der Waals surface area contributed by atoms with Crippen molar-refractivity contribution in [1.29, 1.82) is 0 Å². The van der Waals surface area contributed by atoms with Gasteiger partial charge in [-0.05, 0) is 82.3 Å². The molecule has 2 saturated heterocycles. The molecule has 22 nitrogen and oxygen atoms in total. The van der Waals surface area contributed by atoms with E-state index in [-0.39, 0.29) is 50.1 Å². The van der Waals surface area contributed by atoms with Gasteiger partial charge in [0.25, 0.3) is 0 Å². The van der Waals surface area contributed by atoms with Crippen LogP contribution in [0.1, 0.15) is 83.9 Å². The number of carbonyl (C=O) groups excluding carboxylic acids is 6. The fourth-order valence-corrected chi connectivity index (χ4v) is 10.3. The minimum absolute atomic E-state index is 0.0109. The number of ether oxygens (including phenoxy) is 5. The van der Waals surface area contributed by atoms with E-state index in [0.717, 1.165) is 27.7 Å². The molecular formula is C55H75ClN8O14. The Kier molecular flexibility index (Phi) is 20.5. The van der Waals surface area contributed by atoms with Gasteiger partial charge in [-0.15, -0.1) is 0 Å². The normalized spacial score (nSPS) is 25.3. The average Bonchev–Trinajstić information content (AvgIpc) is 4.20. The van der Waals surface area contributed by atoms with Crippen molar-refractivity contribution in [3.63, 3.8) is 0 Å². The monoisotopic (exact) mass is 1110 g/mol. The van der Waals surface area contributed by atoms with Gasteiger partial charge in [0.15, 0.2) is 5.72 Å². The van der Waals surface area contributed by atoms with Crippen LogP contribution in [0.5, 0.6) is 5.75 Å². The summed E-state index contributed by atoms with van der Waals surface area (Å²) in [4.78, 5) is 96.1. The van der Waals surface area contributed by atoms with E-state index in [9.17, 15) is 43.8 Å². The van der Waals surface area contributed by atoms with E-state index in [0.29, 0.717) is 30.9 Å². The number of esters is 1. The van der Waals surface area contributed by atoms with Crippen molar-refractivity contribution >= 4 is 69.9 Å². The first-order valence-corrected chi connectivity index (χ1v) is 26.4. The maximum Gasteiger partial charge on any atom is 0.409 e. The largest absolute Gasteiger partial charge is 0.495 e. The van der Waals surface area contributed by atoms with Gasteiger partial charge < -0.3 is 58.9 Å². The Labute approximate surface area is 459 Å². The van der Waals surface area contributed by atoms with Gasteiger partial charge in [-0.1, -0.05) is 60.5 Å². The number of halogens is 1. The number of aromatic nitrogens is 1. The highest BCUT2D eigenvalue weighted by atomic mass is 35.5. The van der Waals surface area contributed by atoms with Crippen molar-refractivity contribution in [2.45, 2.75) is 140 Å². The van der Waals surface area contributed by atoms with Crippen molar-refractivity contribution < 1.29 is 67.5 Å². The number of anilines is 1. The first kappa shape index (κ1) is 60.7. The Morgan fingerprint density at radius 1 is 1.06 bits per heavy atom. The topological polar surface area (TPSA) is 272 Å². The molecule has 6 N–H and O–H groups in total. The summed E-state index contributed by atoms with van der Waals surface area (Å²) in [5.74, 6) is -4.33. The van der Waals surface area contributed by atoms with Gasteiger partial charge in [0.05, 0.1) is 31.9 Å². The summed E-state index contributed by atoms with van der Waals surface area (Å²) in [6, 6.07) is 11.0. The highest BCUT2D eigenvalue weighted by Gasteiger charge is 2.64. The van der Waals surface area contributed by atoms with Gasteiger partial charge in [-0.3, -0.25) is 34.7 Å². The number of alkyl carbamates (subject to hydrolysis) is 1. The fraction of sp³-hybridized carbons (Fsp3) is 0.545. The molecule has 5 amide bonds. The Bertz CT molecular complexity index is 2770. The zero-order valence-electron chi connectivity index (χ0n) is 46.1. The van der Waals surface area contributed by atoms with E-state index in [1.165, 1.54) is 45.0 Å². The summed E-state index contributed by atoms with van der Waals surface area (Å²) in [7, 11) is 9.52. The van der Waals surface area contributed by atoms with Crippen LogP contribution in [-0.4, -0.2) is 163 Å². The smallest absolute Gasteiger partial charge is 0.409 e. The molecule has 23 heteroatoms. The SMILES string of the molecule is CNN(C)Cc1cc2ccccc2n1CCC(=O)N[C@@H](CCC(=O)O)C(=O)NCCCC(=O)N(C)[C@@H](C)C(=O)O[C@H]1CC(=O)N(C)c2cc(cc(OC)c2Cl)C/C(C)=C/C=C/[C@@H](OC)[C@@]2(O)C[C@H](OC(=O)N2)[C@@H](C)C2O[C@]21C. The molecule has 3 aliphatic heterocycles. The number of fused-ring (bicyclic) bond motifs is 6. The number of hydrogen-bond acceptors (Lipinski definition) is 15. The van der Waals surface area contributed by atoms with Crippen molar-refractivity contribution in [3.8, 4) is 5.75 Å². The third kappa shape index (κ3) is 14.8. The first-order valence-electron chi connectivity index (χ1n) is 26.0. The zero-order chi connectivity index (χ0) is 57.2. The van der Waals surface area contributed by atoms with E-state index in [2.05, 4.69) is 27.4 Å². The number of epoxide rings is 1. The molecule has 9 atom stereocenters. The molecule has 6 rings (SSSR count). The number of hydrazine groups is 1.